The zero-order valence-electron chi connectivity index (χ0n) is 24.8. The molecule has 1 aliphatic rings. The molecule has 2 aromatic carbocycles. The number of nitrogens with one attached hydrogen (secondary N) is 4. The van der Waals surface area contributed by atoms with Crippen LogP contribution in [0.4, 0.5) is 4.79 Å². The second-order valence-electron chi connectivity index (χ2n) is 10.8. The van der Waals surface area contributed by atoms with E-state index in [0.29, 0.717) is 24.9 Å². The first-order chi connectivity index (χ1) is 21.0. The molecule has 13 nitrogen and oxygen atoms in total. The molecule has 236 valence electrons. The van der Waals surface area contributed by atoms with E-state index in [-0.39, 0.29) is 25.5 Å². The summed E-state index contributed by atoms with van der Waals surface area (Å²) in [5.41, 5.74) is 1.12. The summed E-state index contributed by atoms with van der Waals surface area (Å²) in [6.45, 7) is 3.24. The zero-order chi connectivity index (χ0) is 32.1. The maximum atomic E-state index is 13.3. The summed E-state index contributed by atoms with van der Waals surface area (Å²) in [5, 5.41) is 19.6. The molecule has 0 radical (unpaired) electrons. The second kappa shape index (κ2) is 16.6. The maximum absolute atomic E-state index is 13.3. The number of benzene rings is 2. The molecule has 5 N–H and O–H groups in total. The minimum Gasteiger partial charge on any atom is -0.480 e. The van der Waals surface area contributed by atoms with E-state index in [9.17, 15) is 33.9 Å². The summed E-state index contributed by atoms with van der Waals surface area (Å²) < 4.78 is 5.07. The minimum absolute atomic E-state index is 0.0121. The number of carbonyl (C=O) groups is 6. The van der Waals surface area contributed by atoms with E-state index in [0.717, 1.165) is 5.56 Å². The molecule has 0 unspecified atom stereocenters. The molecule has 3 atom stereocenters. The Morgan fingerprint density at radius 2 is 1.57 bits per heavy atom. The molecule has 1 saturated heterocycles. The van der Waals surface area contributed by atoms with Crippen molar-refractivity contribution >= 4 is 35.7 Å². The largest absolute Gasteiger partial charge is 0.480 e. The molecule has 0 aliphatic carbocycles. The van der Waals surface area contributed by atoms with Crippen molar-refractivity contribution in [1.82, 2.24) is 26.2 Å². The van der Waals surface area contributed by atoms with Crippen LogP contribution in [0.5, 0.6) is 0 Å². The topological polar surface area (TPSA) is 183 Å². The van der Waals surface area contributed by atoms with Gasteiger partial charge < -0.3 is 36.0 Å². The van der Waals surface area contributed by atoms with E-state index in [1.165, 1.54) is 4.90 Å². The molecule has 1 fully saturated rings. The quantitative estimate of drug-likeness (QED) is 0.213. The summed E-state index contributed by atoms with van der Waals surface area (Å²) in [5.74, 6) is -3.39. The number of amides is 5. The third-order valence-electron chi connectivity index (χ3n) is 6.94. The molecule has 3 rings (SSSR count). The van der Waals surface area contributed by atoms with E-state index in [2.05, 4.69) is 21.3 Å². The first-order valence-electron chi connectivity index (χ1n) is 14.5. The Morgan fingerprint density at radius 3 is 2.20 bits per heavy atom. The van der Waals surface area contributed by atoms with Crippen molar-refractivity contribution in [2.75, 3.05) is 19.6 Å². The number of aliphatic carboxylic acids is 1. The fourth-order valence-corrected chi connectivity index (χ4v) is 4.69. The third-order valence-corrected chi connectivity index (χ3v) is 6.94. The molecule has 5 amide bonds. The van der Waals surface area contributed by atoms with Gasteiger partial charge in [-0.3, -0.25) is 19.2 Å². The lowest BCUT2D eigenvalue weighted by Crippen LogP contribution is -2.56. The highest BCUT2D eigenvalue weighted by molar-refractivity contribution is 5.97. The summed E-state index contributed by atoms with van der Waals surface area (Å²) in [4.78, 5) is 76.9. The average Bonchev–Trinajstić information content (AvgIpc) is 3.51. The van der Waals surface area contributed by atoms with Crippen molar-refractivity contribution < 1.29 is 38.6 Å². The number of nitrogens with zero attached hydrogens (tertiary/aromatic N) is 1. The number of likely N-dealkylation sites (tertiary alicyclic amines) is 1. The van der Waals surface area contributed by atoms with Gasteiger partial charge in [0.2, 0.25) is 17.7 Å². The number of hydrogen-bond donors (Lipinski definition) is 5. The van der Waals surface area contributed by atoms with Crippen LogP contribution in [0.2, 0.25) is 0 Å². The van der Waals surface area contributed by atoms with Gasteiger partial charge >= 0.3 is 12.1 Å². The molecule has 0 bridgehead atoms. The van der Waals surface area contributed by atoms with E-state index in [4.69, 9.17) is 4.74 Å². The van der Waals surface area contributed by atoms with Crippen molar-refractivity contribution in [1.29, 1.82) is 0 Å². The monoisotopic (exact) mass is 609 g/mol. The first kappa shape index (κ1) is 33.6. The van der Waals surface area contributed by atoms with Crippen LogP contribution >= 0.6 is 0 Å². The summed E-state index contributed by atoms with van der Waals surface area (Å²) in [6.07, 6.45) is 0.240. The standard InChI is InChI=1S/C31H39N5O8/c1-20(2)16-23(28(39)32-17-24(30(41)42)35-31(43)44-19-21-10-5-3-6-11-21)34-29(40)25-14-9-15-36(25)26(37)18-33-27(38)22-12-7-4-8-13-22/h3-8,10-13,20,23-25H,9,14-19H2,1-2H3,(H,32,39)(H,33,38)(H,34,40)(H,35,43)(H,41,42)/t23-,24-,25-/m0/s1. The lowest BCUT2D eigenvalue weighted by Gasteiger charge is -2.27. The first-order valence-corrected chi connectivity index (χ1v) is 14.5. The van der Waals surface area contributed by atoms with Crippen molar-refractivity contribution in [3.8, 4) is 0 Å². The number of rotatable bonds is 14. The normalized spacial score (nSPS) is 15.5. The van der Waals surface area contributed by atoms with Crippen molar-refractivity contribution in [3.05, 3.63) is 71.8 Å². The molecule has 44 heavy (non-hydrogen) atoms. The summed E-state index contributed by atoms with van der Waals surface area (Å²) in [6, 6.07) is 14.0. The Balaban J connectivity index is 1.54. The summed E-state index contributed by atoms with van der Waals surface area (Å²) >= 11 is 0. The van der Waals surface area contributed by atoms with E-state index >= 15 is 0 Å². The Labute approximate surface area is 255 Å². The smallest absolute Gasteiger partial charge is 0.408 e. The second-order valence-corrected chi connectivity index (χ2v) is 10.8. The Hall–Kier alpha value is -4.94. The highest BCUT2D eigenvalue weighted by Crippen LogP contribution is 2.18. The van der Waals surface area contributed by atoms with Gasteiger partial charge in [-0.2, -0.15) is 0 Å². The highest BCUT2D eigenvalue weighted by atomic mass is 16.5. The van der Waals surface area contributed by atoms with Crippen LogP contribution in [0.25, 0.3) is 0 Å². The fourth-order valence-electron chi connectivity index (χ4n) is 4.69. The SMILES string of the molecule is CC(C)C[C@H](NC(=O)[C@@H]1CCCN1C(=O)CNC(=O)c1ccccc1)C(=O)NC[C@H](NC(=O)OCc1ccccc1)C(=O)O. The van der Waals surface area contributed by atoms with Crippen LogP contribution in [0.3, 0.4) is 0 Å². The molecule has 1 aliphatic heterocycles. The van der Waals surface area contributed by atoms with Crippen LogP contribution in [-0.4, -0.2) is 83.5 Å². The van der Waals surface area contributed by atoms with Crippen LogP contribution in [0.1, 0.15) is 49.0 Å². The predicted octanol–water partition coefficient (Wildman–Crippen LogP) is 1.43. The molecule has 0 saturated carbocycles. The van der Waals surface area contributed by atoms with Gasteiger partial charge in [-0.25, -0.2) is 9.59 Å². The third kappa shape index (κ3) is 10.4. The van der Waals surface area contributed by atoms with Gasteiger partial charge in [-0.1, -0.05) is 62.4 Å². The van der Waals surface area contributed by atoms with Gasteiger partial charge in [-0.05, 0) is 42.9 Å². The van der Waals surface area contributed by atoms with Crippen molar-refractivity contribution in [2.24, 2.45) is 5.92 Å². The molecule has 0 spiro atoms. The number of carbonyl (C=O) groups excluding carboxylic acids is 5. The Morgan fingerprint density at radius 1 is 0.909 bits per heavy atom. The predicted molar refractivity (Wildman–Crippen MR) is 159 cm³/mol. The number of ether oxygens (including phenoxy) is 1. The number of alkyl carbamates (subject to hydrolysis) is 1. The van der Waals surface area contributed by atoms with E-state index in [1.54, 1.807) is 60.7 Å². The lowest BCUT2D eigenvalue weighted by atomic mass is 10.0. The van der Waals surface area contributed by atoms with Crippen LogP contribution in [0, 0.1) is 5.92 Å². The minimum atomic E-state index is -1.48. The Kier molecular flexibility index (Phi) is 12.7. The summed E-state index contributed by atoms with van der Waals surface area (Å²) in [7, 11) is 0. The van der Waals surface area contributed by atoms with Crippen LogP contribution in [0.15, 0.2) is 60.7 Å². The van der Waals surface area contributed by atoms with Crippen molar-refractivity contribution in [2.45, 2.75) is 57.8 Å². The van der Waals surface area contributed by atoms with Gasteiger partial charge in [0, 0.05) is 18.7 Å². The molecular weight excluding hydrogens is 570 g/mol. The number of carboxylic acids is 1. The van der Waals surface area contributed by atoms with Gasteiger partial charge in [0.05, 0.1) is 6.54 Å². The van der Waals surface area contributed by atoms with E-state index < -0.39 is 60.4 Å². The van der Waals surface area contributed by atoms with Crippen LogP contribution < -0.4 is 21.3 Å². The van der Waals surface area contributed by atoms with Gasteiger partial charge in [0.15, 0.2) is 0 Å². The molecular formula is C31H39N5O8. The molecule has 0 aromatic heterocycles. The molecule has 13 heteroatoms. The zero-order valence-corrected chi connectivity index (χ0v) is 24.8. The van der Waals surface area contributed by atoms with E-state index in [1.807, 2.05) is 13.8 Å². The van der Waals surface area contributed by atoms with Gasteiger partial charge in [0.1, 0.15) is 24.7 Å². The Bertz CT molecular complexity index is 1300. The fraction of sp³-hybridized carbons (Fsp3) is 0.419. The lowest BCUT2D eigenvalue weighted by molar-refractivity contribution is -0.139. The highest BCUT2D eigenvalue weighted by Gasteiger charge is 2.36. The van der Waals surface area contributed by atoms with Crippen molar-refractivity contribution in [3.63, 3.8) is 0 Å². The average molecular weight is 610 g/mol. The molecule has 1 heterocycles. The van der Waals surface area contributed by atoms with Crippen LogP contribution in [-0.2, 0) is 30.5 Å². The molecule has 2 aromatic rings. The maximum Gasteiger partial charge on any atom is 0.408 e. The van der Waals surface area contributed by atoms with Gasteiger partial charge in [0.25, 0.3) is 5.91 Å². The number of carboxylic acid groups (broad SMARTS) is 1. The number of hydrogen-bond acceptors (Lipinski definition) is 7. The van der Waals surface area contributed by atoms with Gasteiger partial charge in [-0.15, -0.1) is 0 Å².